The van der Waals surface area contributed by atoms with Crippen LogP contribution < -0.4 is 5.32 Å². The van der Waals surface area contributed by atoms with Crippen LogP contribution in [0.4, 0.5) is 4.79 Å². The maximum Gasteiger partial charge on any atom is 0.408 e. The molecule has 0 unspecified atom stereocenters. The Hall–Kier alpha value is -3.52. The number of fused-ring (bicyclic) bond motifs is 2. The largest absolute Gasteiger partial charge is 0.465 e. The molecular weight excluding hydrogens is 428 g/mol. The van der Waals surface area contributed by atoms with Crippen LogP contribution in [-0.2, 0) is 5.41 Å². The second-order valence-corrected chi connectivity index (χ2v) is 10.1. The van der Waals surface area contributed by atoms with Gasteiger partial charge in [0.15, 0.2) is 11.5 Å². The maximum absolute atomic E-state index is 12.1. The van der Waals surface area contributed by atoms with Crippen LogP contribution >= 0.6 is 0 Å². The predicted octanol–water partition coefficient (Wildman–Crippen LogP) is 4.64. The minimum absolute atomic E-state index is 0.0402. The third-order valence-corrected chi connectivity index (χ3v) is 6.73. The van der Waals surface area contributed by atoms with Crippen LogP contribution in [0.3, 0.4) is 0 Å². The Bertz CT molecular complexity index is 1370. The first-order valence-corrected chi connectivity index (χ1v) is 11.7. The van der Waals surface area contributed by atoms with E-state index in [1.807, 2.05) is 35.7 Å². The highest BCUT2D eigenvalue weighted by atomic mass is 16.4. The second-order valence-electron chi connectivity index (χ2n) is 10.1. The number of carboxylic acid groups (broad SMARTS) is 1. The van der Waals surface area contributed by atoms with Gasteiger partial charge >= 0.3 is 6.09 Å². The molecule has 0 spiro atoms. The lowest BCUT2D eigenvalue weighted by atomic mass is 9.85. The highest BCUT2D eigenvalue weighted by Gasteiger charge is 2.31. The summed E-state index contributed by atoms with van der Waals surface area (Å²) in [5.74, 6) is 0.638. The van der Waals surface area contributed by atoms with Crippen molar-refractivity contribution < 1.29 is 9.90 Å². The highest BCUT2D eigenvalue weighted by Crippen LogP contribution is 2.31. The van der Waals surface area contributed by atoms with E-state index in [0.29, 0.717) is 18.0 Å². The zero-order valence-corrected chi connectivity index (χ0v) is 20.0. The molecule has 3 aromatic heterocycles. The summed E-state index contributed by atoms with van der Waals surface area (Å²) >= 11 is 0. The van der Waals surface area contributed by atoms with Gasteiger partial charge in [-0.05, 0) is 48.6 Å². The fraction of sp³-hybridized carbons (Fsp3) is 0.385. The summed E-state index contributed by atoms with van der Waals surface area (Å²) in [4.78, 5) is 18.6. The summed E-state index contributed by atoms with van der Waals surface area (Å²) in [6, 6.07) is 13.8. The Morgan fingerprint density at radius 2 is 2.00 bits per heavy atom. The van der Waals surface area contributed by atoms with Gasteiger partial charge in [-0.2, -0.15) is 0 Å². The van der Waals surface area contributed by atoms with Crippen LogP contribution in [0.2, 0.25) is 0 Å². The fourth-order valence-corrected chi connectivity index (χ4v) is 4.88. The summed E-state index contributed by atoms with van der Waals surface area (Å²) in [6.07, 6.45) is 1.85. The molecule has 8 heteroatoms. The molecule has 4 aromatic rings. The average molecular weight is 459 g/mol. The number of benzene rings is 1. The van der Waals surface area contributed by atoms with Gasteiger partial charge in [-0.25, -0.2) is 9.78 Å². The van der Waals surface area contributed by atoms with E-state index in [9.17, 15) is 9.90 Å². The van der Waals surface area contributed by atoms with Crippen LogP contribution in [0.15, 0.2) is 48.7 Å². The van der Waals surface area contributed by atoms with Crippen molar-refractivity contribution in [1.82, 2.24) is 29.8 Å². The molecular formula is C26H30N6O2. The number of pyridine rings is 2. The van der Waals surface area contributed by atoms with Crippen molar-refractivity contribution in [3.8, 4) is 11.5 Å². The molecule has 1 saturated heterocycles. The standard InChI is InChI=1S/C26H30N6O2/c1-16(32(25(33)34)19-12-13-27-14-19)18-9-11-22-29-30-24(31(22)15-18)21-10-8-17-6-5-7-20(23(17)28-21)26(2,3)4/h5-11,15-16,19,27H,12-14H2,1-4H3,(H,33,34)/t16-,19-/m0/s1. The van der Waals surface area contributed by atoms with E-state index in [-0.39, 0.29) is 17.5 Å². The third kappa shape index (κ3) is 3.88. The Labute approximate surface area is 198 Å². The van der Waals surface area contributed by atoms with E-state index < -0.39 is 6.09 Å². The molecule has 2 N–H and O–H groups in total. The molecule has 1 aromatic carbocycles. The summed E-state index contributed by atoms with van der Waals surface area (Å²) in [5.41, 5.74) is 4.41. The molecule has 5 rings (SSSR count). The first-order chi connectivity index (χ1) is 16.2. The lowest BCUT2D eigenvalue weighted by Crippen LogP contribution is -2.42. The number of nitrogens with one attached hydrogen (secondary N) is 1. The first kappa shape index (κ1) is 22.3. The van der Waals surface area contributed by atoms with Crippen molar-refractivity contribution in [2.75, 3.05) is 13.1 Å². The van der Waals surface area contributed by atoms with Crippen molar-refractivity contribution in [3.63, 3.8) is 0 Å². The van der Waals surface area contributed by atoms with E-state index in [2.05, 4.69) is 60.6 Å². The zero-order valence-electron chi connectivity index (χ0n) is 20.0. The van der Waals surface area contributed by atoms with E-state index in [1.165, 1.54) is 5.56 Å². The Morgan fingerprint density at radius 1 is 1.18 bits per heavy atom. The SMILES string of the molecule is C[C@@H](c1ccc2nnc(-c3ccc4cccc(C(C)(C)C)c4n3)n2c1)N(C(=O)O)[C@H]1CCNC1. The molecule has 4 heterocycles. The molecule has 8 nitrogen and oxygen atoms in total. The Kier molecular flexibility index (Phi) is 5.48. The topological polar surface area (TPSA) is 95.7 Å². The Balaban J connectivity index is 1.59. The van der Waals surface area contributed by atoms with E-state index >= 15 is 0 Å². The van der Waals surface area contributed by atoms with E-state index in [4.69, 9.17) is 4.98 Å². The molecule has 1 aliphatic rings. The molecule has 0 radical (unpaired) electrons. The van der Waals surface area contributed by atoms with Crippen LogP contribution in [0.1, 0.15) is 51.3 Å². The van der Waals surface area contributed by atoms with Crippen LogP contribution in [0, 0.1) is 0 Å². The third-order valence-electron chi connectivity index (χ3n) is 6.73. The number of rotatable bonds is 4. The van der Waals surface area contributed by atoms with Gasteiger partial charge < -0.3 is 10.4 Å². The van der Waals surface area contributed by atoms with Crippen molar-refractivity contribution in [2.24, 2.45) is 0 Å². The molecule has 2 atom stereocenters. The average Bonchev–Trinajstić information content (AvgIpc) is 3.47. The van der Waals surface area contributed by atoms with Crippen molar-refractivity contribution in [1.29, 1.82) is 0 Å². The van der Waals surface area contributed by atoms with Gasteiger partial charge in [-0.15, -0.1) is 10.2 Å². The van der Waals surface area contributed by atoms with Crippen molar-refractivity contribution in [3.05, 3.63) is 59.8 Å². The minimum atomic E-state index is -0.906. The minimum Gasteiger partial charge on any atom is -0.465 e. The summed E-state index contributed by atoms with van der Waals surface area (Å²) in [7, 11) is 0. The van der Waals surface area contributed by atoms with Crippen molar-refractivity contribution >= 4 is 22.6 Å². The number of para-hydroxylation sites is 1. The highest BCUT2D eigenvalue weighted by molar-refractivity contribution is 5.84. The number of amides is 1. The number of hydrogen-bond donors (Lipinski definition) is 2. The molecule has 34 heavy (non-hydrogen) atoms. The van der Waals surface area contributed by atoms with Crippen LogP contribution in [-0.4, -0.2) is 54.8 Å². The van der Waals surface area contributed by atoms with Crippen LogP contribution in [0.25, 0.3) is 28.1 Å². The summed E-state index contributed by atoms with van der Waals surface area (Å²) < 4.78 is 1.91. The number of hydrogen-bond acceptors (Lipinski definition) is 5. The molecule has 176 valence electrons. The van der Waals surface area contributed by atoms with E-state index in [0.717, 1.165) is 35.1 Å². The van der Waals surface area contributed by atoms with Gasteiger partial charge in [0, 0.05) is 24.2 Å². The lowest BCUT2D eigenvalue weighted by Gasteiger charge is -2.31. The van der Waals surface area contributed by atoms with E-state index in [1.54, 1.807) is 4.90 Å². The quantitative estimate of drug-likeness (QED) is 0.462. The number of nitrogens with zero attached hydrogens (tertiary/aromatic N) is 5. The summed E-state index contributed by atoms with van der Waals surface area (Å²) in [6.45, 7) is 9.99. The van der Waals surface area contributed by atoms with Gasteiger partial charge in [0.25, 0.3) is 0 Å². The molecule has 0 aliphatic carbocycles. The smallest absolute Gasteiger partial charge is 0.408 e. The molecule has 0 saturated carbocycles. The molecule has 1 fully saturated rings. The fourth-order valence-electron chi connectivity index (χ4n) is 4.88. The maximum atomic E-state index is 12.1. The van der Waals surface area contributed by atoms with Gasteiger partial charge in [-0.1, -0.05) is 51.1 Å². The monoisotopic (exact) mass is 458 g/mol. The molecule has 1 aliphatic heterocycles. The molecule has 1 amide bonds. The van der Waals surface area contributed by atoms with Crippen molar-refractivity contribution in [2.45, 2.75) is 51.6 Å². The Morgan fingerprint density at radius 3 is 2.71 bits per heavy atom. The first-order valence-electron chi connectivity index (χ1n) is 11.7. The normalized spacial score (nSPS) is 17.4. The zero-order chi connectivity index (χ0) is 24.0. The predicted molar refractivity (Wildman–Crippen MR) is 132 cm³/mol. The van der Waals surface area contributed by atoms with Gasteiger partial charge in [0.05, 0.1) is 11.6 Å². The van der Waals surface area contributed by atoms with Gasteiger partial charge in [0.2, 0.25) is 0 Å². The number of carbonyl (C=O) groups is 1. The molecule has 0 bridgehead atoms. The second kappa shape index (κ2) is 8.36. The van der Waals surface area contributed by atoms with Crippen LogP contribution in [0.5, 0.6) is 0 Å². The van der Waals surface area contributed by atoms with Gasteiger partial charge in [0.1, 0.15) is 5.69 Å². The van der Waals surface area contributed by atoms with Gasteiger partial charge in [-0.3, -0.25) is 9.30 Å². The number of aromatic nitrogens is 4. The summed E-state index contributed by atoms with van der Waals surface area (Å²) in [5, 5.41) is 23.0. The lowest BCUT2D eigenvalue weighted by molar-refractivity contribution is 0.107.